The van der Waals surface area contributed by atoms with Gasteiger partial charge >= 0.3 is 0 Å². The van der Waals surface area contributed by atoms with Crippen LogP contribution < -0.4 is 5.32 Å². The lowest BCUT2D eigenvalue weighted by atomic mass is 10.2. The number of halogens is 2. The summed E-state index contributed by atoms with van der Waals surface area (Å²) in [5, 5.41) is 3.28. The molecule has 1 unspecified atom stereocenters. The van der Waals surface area contributed by atoms with E-state index in [-0.39, 0.29) is 11.9 Å². The monoisotopic (exact) mass is 326 g/mol. The average molecular weight is 327 g/mol. The number of hydrogen-bond acceptors (Lipinski definition) is 3. The number of hydrogen-bond donors (Lipinski definition) is 1. The first-order chi connectivity index (χ1) is 9.13. The van der Waals surface area contributed by atoms with Crippen molar-refractivity contribution in [1.29, 1.82) is 0 Å². The zero-order valence-electron chi connectivity index (χ0n) is 10.9. The van der Waals surface area contributed by atoms with E-state index < -0.39 is 0 Å². The highest BCUT2D eigenvalue weighted by Gasteiger charge is 2.16. The number of benzene rings is 1. The van der Waals surface area contributed by atoms with Crippen molar-refractivity contribution in [3.8, 4) is 11.3 Å². The van der Waals surface area contributed by atoms with E-state index in [4.69, 9.17) is 4.42 Å². The van der Waals surface area contributed by atoms with Crippen LogP contribution in [0.15, 0.2) is 33.3 Å². The van der Waals surface area contributed by atoms with E-state index in [0.717, 1.165) is 13.0 Å². The summed E-state index contributed by atoms with van der Waals surface area (Å²) in [6, 6.07) is 4.84. The smallest absolute Gasteiger partial charge is 0.211 e. The molecular formula is C14H16BrFN2O. The van der Waals surface area contributed by atoms with E-state index in [9.17, 15) is 4.39 Å². The van der Waals surface area contributed by atoms with Crippen molar-refractivity contribution >= 4 is 15.9 Å². The van der Waals surface area contributed by atoms with Crippen LogP contribution in [-0.2, 0) is 0 Å². The van der Waals surface area contributed by atoms with Gasteiger partial charge in [-0.1, -0.05) is 13.0 Å². The van der Waals surface area contributed by atoms with Crippen LogP contribution in [0.25, 0.3) is 11.3 Å². The summed E-state index contributed by atoms with van der Waals surface area (Å²) in [4.78, 5) is 4.21. The molecule has 1 aromatic heterocycles. The number of oxazole rings is 1. The third-order valence-electron chi connectivity index (χ3n) is 2.80. The molecule has 2 aromatic rings. The fourth-order valence-electron chi connectivity index (χ4n) is 1.78. The summed E-state index contributed by atoms with van der Waals surface area (Å²) in [5.41, 5.74) is 0.406. The van der Waals surface area contributed by atoms with E-state index in [2.05, 4.69) is 33.2 Å². The molecule has 102 valence electrons. The molecule has 1 heterocycles. The van der Waals surface area contributed by atoms with Gasteiger partial charge in [-0.15, -0.1) is 0 Å². The summed E-state index contributed by atoms with van der Waals surface area (Å²) < 4.78 is 20.1. The second-order valence-corrected chi connectivity index (χ2v) is 5.19. The standard InChI is InChI=1S/C14H16BrFN2O/c1-3-7-17-9(2)14-18-8-12(19-14)13-10(15)5-4-6-11(13)16/h4-6,8-9,17H,3,7H2,1-2H3. The second-order valence-electron chi connectivity index (χ2n) is 4.34. The molecule has 0 radical (unpaired) electrons. The van der Waals surface area contributed by atoms with Gasteiger partial charge in [0.15, 0.2) is 5.76 Å². The number of aromatic nitrogens is 1. The zero-order chi connectivity index (χ0) is 13.8. The van der Waals surface area contributed by atoms with E-state index in [1.807, 2.05) is 6.92 Å². The third kappa shape index (κ3) is 3.22. The third-order valence-corrected chi connectivity index (χ3v) is 3.46. The Bertz CT molecular complexity index is 536. The Balaban J connectivity index is 2.26. The first-order valence-corrected chi connectivity index (χ1v) is 7.06. The summed E-state index contributed by atoms with van der Waals surface area (Å²) >= 11 is 3.33. The Morgan fingerprint density at radius 3 is 2.95 bits per heavy atom. The van der Waals surface area contributed by atoms with E-state index in [0.29, 0.717) is 21.7 Å². The molecule has 1 aromatic carbocycles. The van der Waals surface area contributed by atoms with E-state index in [1.54, 1.807) is 18.3 Å². The van der Waals surface area contributed by atoms with Gasteiger partial charge in [-0.2, -0.15) is 0 Å². The van der Waals surface area contributed by atoms with Gasteiger partial charge in [0.25, 0.3) is 0 Å². The number of nitrogens with one attached hydrogen (secondary N) is 1. The van der Waals surface area contributed by atoms with Crippen molar-refractivity contribution in [2.24, 2.45) is 0 Å². The lowest BCUT2D eigenvalue weighted by molar-refractivity contribution is 0.422. The molecule has 0 spiro atoms. The lowest BCUT2D eigenvalue weighted by Gasteiger charge is -2.08. The van der Waals surface area contributed by atoms with Gasteiger partial charge in [0.1, 0.15) is 5.82 Å². The van der Waals surface area contributed by atoms with E-state index >= 15 is 0 Å². The van der Waals surface area contributed by atoms with Gasteiger partial charge in [0.2, 0.25) is 5.89 Å². The van der Waals surface area contributed by atoms with Crippen LogP contribution in [0.2, 0.25) is 0 Å². The van der Waals surface area contributed by atoms with Crippen molar-refractivity contribution in [2.75, 3.05) is 6.54 Å². The second kappa shape index (κ2) is 6.30. The van der Waals surface area contributed by atoms with E-state index in [1.165, 1.54) is 6.07 Å². The molecule has 0 aliphatic carbocycles. The largest absolute Gasteiger partial charge is 0.439 e. The minimum absolute atomic E-state index is 0.0132. The van der Waals surface area contributed by atoms with Crippen LogP contribution in [0.1, 0.15) is 32.2 Å². The summed E-state index contributed by atoms with van der Waals surface area (Å²) in [7, 11) is 0. The number of nitrogens with zero attached hydrogens (tertiary/aromatic N) is 1. The maximum Gasteiger partial charge on any atom is 0.211 e. The molecule has 2 rings (SSSR count). The van der Waals surface area contributed by atoms with Gasteiger partial charge in [0.05, 0.1) is 17.8 Å². The van der Waals surface area contributed by atoms with Gasteiger partial charge in [-0.05, 0) is 48.0 Å². The molecule has 19 heavy (non-hydrogen) atoms. The average Bonchev–Trinajstić information content (AvgIpc) is 2.85. The number of rotatable bonds is 5. The highest BCUT2D eigenvalue weighted by molar-refractivity contribution is 9.10. The summed E-state index contributed by atoms with van der Waals surface area (Å²) in [6.07, 6.45) is 2.60. The molecular weight excluding hydrogens is 311 g/mol. The Morgan fingerprint density at radius 2 is 2.26 bits per heavy atom. The Hall–Kier alpha value is -1.20. The van der Waals surface area contributed by atoms with Crippen LogP contribution in [0.4, 0.5) is 4.39 Å². The minimum atomic E-state index is -0.328. The van der Waals surface area contributed by atoms with Gasteiger partial charge in [-0.3, -0.25) is 0 Å². The van der Waals surface area contributed by atoms with Gasteiger partial charge in [-0.25, -0.2) is 9.37 Å². The van der Waals surface area contributed by atoms with Gasteiger partial charge in [0, 0.05) is 4.47 Å². The fourth-order valence-corrected chi connectivity index (χ4v) is 2.32. The van der Waals surface area contributed by atoms with Crippen molar-refractivity contribution in [2.45, 2.75) is 26.3 Å². The van der Waals surface area contributed by atoms with Crippen LogP contribution in [0.3, 0.4) is 0 Å². The van der Waals surface area contributed by atoms with Crippen LogP contribution in [-0.4, -0.2) is 11.5 Å². The van der Waals surface area contributed by atoms with Crippen molar-refractivity contribution in [1.82, 2.24) is 10.3 Å². The summed E-state index contributed by atoms with van der Waals surface area (Å²) in [5.74, 6) is 0.676. The Labute approximate surface area is 120 Å². The maximum atomic E-state index is 13.8. The molecule has 0 bridgehead atoms. The summed E-state index contributed by atoms with van der Waals surface area (Å²) in [6.45, 7) is 4.96. The van der Waals surface area contributed by atoms with Crippen molar-refractivity contribution in [3.63, 3.8) is 0 Å². The van der Waals surface area contributed by atoms with Crippen LogP contribution in [0, 0.1) is 5.82 Å². The fraction of sp³-hybridized carbons (Fsp3) is 0.357. The molecule has 0 saturated carbocycles. The first kappa shape index (κ1) is 14.2. The SMILES string of the molecule is CCCNC(C)c1ncc(-c2c(F)cccc2Br)o1. The van der Waals surface area contributed by atoms with Crippen LogP contribution in [0.5, 0.6) is 0 Å². The van der Waals surface area contributed by atoms with Crippen molar-refractivity contribution in [3.05, 3.63) is 40.6 Å². The molecule has 1 atom stereocenters. The van der Waals surface area contributed by atoms with Gasteiger partial charge < -0.3 is 9.73 Å². The zero-order valence-corrected chi connectivity index (χ0v) is 12.5. The predicted octanol–water partition coefficient (Wildman–Crippen LogP) is 4.30. The highest BCUT2D eigenvalue weighted by atomic mass is 79.9. The predicted molar refractivity (Wildman–Crippen MR) is 76.3 cm³/mol. The molecule has 0 fully saturated rings. The molecule has 1 N–H and O–H groups in total. The first-order valence-electron chi connectivity index (χ1n) is 6.27. The van der Waals surface area contributed by atoms with Crippen LogP contribution >= 0.6 is 15.9 Å². The maximum absolute atomic E-state index is 13.8. The quantitative estimate of drug-likeness (QED) is 0.889. The Kier molecular flexibility index (Phi) is 4.71. The minimum Gasteiger partial charge on any atom is -0.439 e. The lowest BCUT2D eigenvalue weighted by Crippen LogP contribution is -2.19. The molecule has 0 aliphatic heterocycles. The topological polar surface area (TPSA) is 38.1 Å². The molecule has 5 heteroatoms. The normalized spacial score (nSPS) is 12.6. The molecule has 0 aliphatic rings. The van der Waals surface area contributed by atoms with Crippen molar-refractivity contribution < 1.29 is 8.81 Å². The highest BCUT2D eigenvalue weighted by Crippen LogP contribution is 2.32. The molecule has 0 amide bonds. The molecule has 3 nitrogen and oxygen atoms in total. The molecule has 0 saturated heterocycles. The Morgan fingerprint density at radius 1 is 1.47 bits per heavy atom.